The van der Waals surface area contributed by atoms with Crippen LogP contribution in [0.1, 0.15) is 97.2 Å². The highest BCUT2D eigenvalue weighted by molar-refractivity contribution is 7.86. The molecule has 8 rings (SSSR count). The van der Waals surface area contributed by atoms with Crippen LogP contribution in [0.25, 0.3) is 33.9 Å². The molecule has 4 aromatic carbocycles. The zero-order chi connectivity index (χ0) is 42.7. The van der Waals surface area contributed by atoms with Crippen LogP contribution in [0.3, 0.4) is 0 Å². The van der Waals surface area contributed by atoms with E-state index in [0.29, 0.717) is 91.1 Å². The molecule has 2 aromatic heterocycles. The van der Waals surface area contributed by atoms with Gasteiger partial charge in [-0.1, -0.05) is 97.1 Å². The van der Waals surface area contributed by atoms with Crippen molar-refractivity contribution in [1.82, 2.24) is 19.6 Å². The first-order valence-electron chi connectivity index (χ1n) is 19.2. The standard InChI is InChI=1S/C42H38Cl4N4O8S2/c43-25-9-15-35(33(45)21-25)49-41-29-13-11-27(59(53,54)55)17-23(29)19-31(41)39(47-49)37(51)7-5-3-1-2-4-6-8-38(52)40-32-20-24-18-28(60(56,57)58)12-14-30(24)42(32)50(48-40)36-16-10-26(44)22-34(36)46/h9-18,21-22,37-38,51-52H,1-8,19-20H2,(H,53,54,55)(H,56,57,58). The van der Waals surface area contributed by atoms with Gasteiger partial charge >= 0.3 is 0 Å². The lowest BCUT2D eigenvalue weighted by Gasteiger charge is -2.12. The summed E-state index contributed by atoms with van der Waals surface area (Å²) in [6.07, 6.45) is 4.71. The van der Waals surface area contributed by atoms with Gasteiger partial charge in [-0.05, 0) is 84.6 Å². The summed E-state index contributed by atoms with van der Waals surface area (Å²) in [6, 6.07) is 18.9. The lowest BCUT2D eigenvalue weighted by atomic mass is 10.0. The molecule has 0 bridgehead atoms. The minimum atomic E-state index is -4.42. The van der Waals surface area contributed by atoms with Crippen molar-refractivity contribution >= 4 is 66.6 Å². The summed E-state index contributed by atoms with van der Waals surface area (Å²) in [4.78, 5) is -0.424. The van der Waals surface area contributed by atoms with Gasteiger partial charge in [0.15, 0.2) is 0 Å². The van der Waals surface area contributed by atoms with E-state index in [1.807, 2.05) is 0 Å². The van der Waals surface area contributed by atoms with Gasteiger partial charge < -0.3 is 10.2 Å². The van der Waals surface area contributed by atoms with Gasteiger partial charge in [-0.2, -0.15) is 27.0 Å². The van der Waals surface area contributed by atoms with Gasteiger partial charge in [0.25, 0.3) is 20.2 Å². The van der Waals surface area contributed by atoms with Crippen LogP contribution >= 0.6 is 46.4 Å². The van der Waals surface area contributed by atoms with Crippen LogP contribution in [0.15, 0.2) is 82.6 Å². The fourth-order valence-electron chi connectivity index (χ4n) is 8.28. The van der Waals surface area contributed by atoms with Gasteiger partial charge in [0.2, 0.25) is 0 Å². The van der Waals surface area contributed by atoms with Gasteiger partial charge in [0, 0.05) is 45.1 Å². The molecule has 314 valence electrons. The number of halogens is 4. The van der Waals surface area contributed by atoms with Crippen LogP contribution in [-0.2, 0) is 33.1 Å². The van der Waals surface area contributed by atoms with E-state index < -0.39 is 32.4 Å². The lowest BCUT2D eigenvalue weighted by Crippen LogP contribution is -2.05. The van der Waals surface area contributed by atoms with Crippen LogP contribution in [0, 0.1) is 0 Å². The third-order valence-electron chi connectivity index (χ3n) is 11.1. The summed E-state index contributed by atoms with van der Waals surface area (Å²) in [5, 5.41) is 34.1. The number of fused-ring (bicyclic) bond motifs is 6. The molecule has 0 amide bonds. The Morgan fingerprint density at radius 2 is 0.933 bits per heavy atom. The van der Waals surface area contributed by atoms with Crippen molar-refractivity contribution in [3.63, 3.8) is 0 Å². The predicted molar refractivity (Wildman–Crippen MR) is 230 cm³/mol. The fraction of sp³-hybridized carbons (Fsp3) is 0.286. The zero-order valence-corrected chi connectivity index (χ0v) is 36.3. The topological polar surface area (TPSA) is 185 Å². The fourth-order valence-corrected chi connectivity index (χ4v) is 10.3. The average molecular weight is 933 g/mol. The number of nitrogens with zero attached hydrogens (tertiary/aromatic N) is 4. The molecule has 12 nitrogen and oxygen atoms in total. The summed E-state index contributed by atoms with van der Waals surface area (Å²) in [5.74, 6) is 0. The third kappa shape index (κ3) is 8.39. The highest BCUT2D eigenvalue weighted by Gasteiger charge is 2.34. The molecule has 2 atom stereocenters. The van der Waals surface area contributed by atoms with Crippen LogP contribution < -0.4 is 0 Å². The summed E-state index contributed by atoms with van der Waals surface area (Å²) in [7, 11) is -8.83. The van der Waals surface area contributed by atoms with Crippen molar-refractivity contribution in [2.24, 2.45) is 0 Å². The second-order valence-corrected chi connectivity index (χ2v) is 19.6. The van der Waals surface area contributed by atoms with E-state index in [4.69, 9.17) is 56.6 Å². The molecule has 60 heavy (non-hydrogen) atoms. The monoisotopic (exact) mass is 930 g/mol. The summed E-state index contributed by atoms with van der Waals surface area (Å²) in [6.45, 7) is 0. The summed E-state index contributed by atoms with van der Waals surface area (Å²) < 4.78 is 70.2. The molecule has 0 spiro atoms. The van der Waals surface area contributed by atoms with E-state index in [2.05, 4.69) is 0 Å². The maximum Gasteiger partial charge on any atom is 0.294 e. The van der Waals surface area contributed by atoms with E-state index in [1.165, 1.54) is 24.3 Å². The Kier molecular flexibility index (Phi) is 12.0. The first kappa shape index (κ1) is 42.9. The van der Waals surface area contributed by atoms with Crippen LogP contribution in [0.5, 0.6) is 0 Å². The lowest BCUT2D eigenvalue weighted by molar-refractivity contribution is 0.155. The first-order chi connectivity index (χ1) is 28.5. The first-order valence-corrected chi connectivity index (χ1v) is 23.6. The second kappa shape index (κ2) is 16.8. The quantitative estimate of drug-likeness (QED) is 0.0570. The molecule has 2 heterocycles. The summed E-state index contributed by atoms with van der Waals surface area (Å²) >= 11 is 25.5. The molecular formula is C42H38Cl4N4O8S2. The zero-order valence-electron chi connectivity index (χ0n) is 31.7. The molecule has 0 fully saturated rings. The highest BCUT2D eigenvalue weighted by atomic mass is 35.5. The van der Waals surface area contributed by atoms with Crippen molar-refractivity contribution in [1.29, 1.82) is 0 Å². The molecule has 6 aromatic rings. The minimum absolute atomic E-state index is 0.212. The van der Waals surface area contributed by atoms with Crippen LogP contribution in [0.4, 0.5) is 0 Å². The number of aliphatic hydroxyl groups excluding tert-OH is 2. The smallest absolute Gasteiger partial charge is 0.294 e. The normalized spacial score (nSPS) is 14.2. The van der Waals surface area contributed by atoms with Crippen molar-refractivity contribution in [3.8, 4) is 33.9 Å². The summed E-state index contributed by atoms with van der Waals surface area (Å²) in [5.41, 5.74) is 7.75. The predicted octanol–water partition coefficient (Wildman–Crippen LogP) is 10.2. The Morgan fingerprint density at radius 1 is 0.550 bits per heavy atom. The Bertz CT molecular complexity index is 2700. The molecule has 0 aliphatic heterocycles. The number of hydrogen-bond donors (Lipinski definition) is 4. The Hall–Kier alpha value is -3.80. The van der Waals surface area contributed by atoms with Crippen molar-refractivity contribution in [3.05, 3.63) is 127 Å². The van der Waals surface area contributed by atoms with Gasteiger partial charge in [0.05, 0.1) is 66.2 Å². The van der Waals surface area contributed by atoms with Gasteiger partial charge in [-0.15, -0.1) is 0 Å². The third-order valence-corrected chi connectivity index (χ3v) is 13.9. The van der Waals surface area contributed by atoms with E-state index in [0.717, 1.165) is 60.8 Å². The number of aromatic nitrogens is 4. The molecular weight excluding hydrogens is 894 g/mol. The van der Waals surface area contributed by atoms with E-state index >= 15 is 0 Å². The van der Waals surface area contributed by atoms with E-state index in [1.54, 1.807) is 57.9 Å². The molecule has 18 heteroatoms. The maximum atomic E-state index is 11.9. The van der Waals surface area contributed by atoms with Crippen molar-refractivity contribution in [2.75, 3.05) is 0 Å². The maximum absolute atomic E-state index is 11.9. The molecule has 2 aliphatic carbocycles. The Morgan fingerprint density at radius 3 is 1.30 bits per heavy atom. The Labute approximate surface area is 366 Å². The number of aliphatic hydroxyl groups is 2. The van der Waals surface area contributed by atoms with E-state index in [9.17, 15) is 36.2 Å². The number of unbranched alkanes of at least 4 members (excludes halogenated alkanes) is 5. The number of benzene rings is 4. The van der Waals surface area contributed by atoms with Crippen LogP contribution in [0.2, 0.25) is 20.1 Å². The molecule has 2 aliphatic rings. The van der Waals surface area contributed by atoms with Crippen LogP contribution in [-0.4, -0.2) is 55.7 Å². The largest absolute Gasteiger partial charge is 0.387 e. The molecule has 0 radical (unpaired) electrons. The number of hydrogen-bond acceptors (Lipinski definition) is 8. The second-order valence-electron chi connectivity index (χ2n) is 15.1. The molecule has 0 saturated heterocycles. The van der Waals surface area contributed by atoms with Gasteiger partial charge in [-0.25, -0.2) is 9.36 Å². The van der Waals surface area contributed by atoms with Crippen molar-refractivity contribution in [2.45, 2.75) is 86.2 Å². The SMILES string of the molecule is O=S(=O)(O)c1ccc2c(c1)Cc1c(C(O)CCCCCCCCC(O)c3nn(-c4ccc(Cl)cc4Cl)c4c3Cc3cc(S(=O)(=O)O)ccc3-4)nn(-c3ccc(Cl)cc3Cl)c1-2. The average Bonchev–Trinajstić information content (AvgIpc) is 3.94. The van der Waals surface area contributed by atoms with Gasteiger partial charge in [-0.3, -0.25) is 9.11 Å². The highest BCUT2D eigenvalue weighted by Crippen LogP contribution is 2.45. The molecule has 0 saturated carbocycles. The minimum Gasteiger partial charge on any atom is -0.387 e. The molecule has 4 N–H and O–H groups in total. The van der Waals surface area contributed by atoms with Crippen molar-refractivity contribution < 1.29 is 36.2 Å². The van der Waals surface area contributed by atoms with E-state index in [-0.39, 0.29) is 9.79 Å². The molecule has 2 unspecified atom stereocenters. The van der Waals surface area contributed by atoms with Gasteiger partial charge in [0.1, 0.15) is 0 Å². The Balaban J connectivity index is 0.894. The number of rotatable bonds is 15.